The van der Waals surface area contributed by atoms with E-state index in [1.54, 1.807) is 11.3 Å². The smallest absolute Gasteiger partial charge is 0.123 e. The lowest BCUT2D eigenvalue weighted by Crippen LogP contribution is -2.39. The minimum absolute atomic E-state index is 0.328. The summed E-state index contributed by atoms with van der Waals surface area (Å²) in [7, 11) is 0. The van der Waals surface area contributed by atoms with Crippen molar-refractivity contribution in [1.29, 1.82) is 0 Å². The number of nitrogens with two attached hydrogens (primary N) is 1. The van der Waals surface area contributed by atoms with Crippen molar-refractivity contribution in [2.45, 2.75) is 39.3 Å². The van der Waals surface area contributed by atoms with Crippen LogP contribution in [0.25, 0.3) is 10.6 Å². The van der Waals surface area contributed by atoms with Gasteiger partial charge < -0.3 is 5.73 Å². The number of rotatable bonds is 4. The number of hydrogen-bond donors (Lipinski definition) is 1. The van der Waals surface area contributed by atoms with Gasteiger partial charge in [-0.2, -0.15) is 0 Å². The summed E-state index contributed by atoms with van der Waals surface area (Å²) < 4.78 is 0. The van der Waals surface area contributed by atoms with Gasteiger partial charge in [0.05, 0.1) is 5.69 Å². The van der Waals surface area contributed by atoms with E-state index >= 15 is 0 Å². The molecule has 118 valence electrons. The molecular formula is C18H25N3S. The van der Waals surface area contributed by atoms with Crippen LogP contribution in [0.5, 0.6) is 0 Å². The fourth-order valence-electron chi connectivity index (χ4n) is 3.07. The van der Waals surface area contributed by atoms with Crippen molar-refractivity contribution in [1.82, 2.24) is 9.88 Å². The molecule has 3 rings (SSSR count). The van der Waals surface area contributed by atoms with E-state index in [1.165, 1.54) is 29.7 Å². The molecule has 1 aromatic carbocycles. The Morgan fingerprint density at radius 3 is 2.59 bits per heavy atom. The van der Waals surface area contributed by atoms with E-state index in [0.29, 0.717) is 12.0 Å². The Morgan fingerprint density at radius 2 is 1.95 bits per heavy atom. The summed E-state index contributed by atoms with van der Waals surface area (Å²) in [6, 6.07) is 8.94. The summed E-state index contributed by atoms with van der Waals surface area (Å²) in [5.74, 6) is 0.690. The van der Waals surface area contributed by atoms with Gasteiger partial charge >= 0.3 is 0 Å². The highest BCUT2D eigenvalue weighted by Crippen LogP contribution is 2.26. The molecule has 4 heteroatoms. The highest BCUT2D eigenvalue weighted by atomic mass is 32.1. The van der Waals surface area contributed by atoms with Crippen molar-refractivity contribution in [2.24, 2.45) is 11.7 Å². The van der Waals surface area contributed by atoms with Crippen LogP contribution in [0.4, 0.5) is 0 Å². The van der Waals surface area contributed by atoms with Gasteiger partial charge in [0, 0.05) is 23.5 Å². The zero-order valence-corrected chi connectivity index (χ0v) is 14.3. The van der Waals surface area contributed by atoms with Gasteiger partial charge in [0.25, 0.3) is 0 Å². The second-order valence-electron chi connectivity index (χ2n) is 6.48. The molecule has 1 unspecified atom stereocenters. The normalized spacial score (nSPS) is 18.5. The first-order valence-corrected chi connectivity index (χ1v) is 8.99. The molecule has 1 aliphatic rings. The summed E-state index contributed by atoms with van der Waals surface area (Å²) in [4.78, 5) is 7.32. The van der Waals surface area contributed by atoms with E-state index in [1.807, 2.05) is 0 Å². The van der Waals surface area contributed by atoms with Crippen LogP contribution in [-0.2, 0) is 6.54 Å². The van der Waals surface area contributed by atoms with Crippen LogP contribution < -0.4 is 5.73 Å². The topological polar surface area (TPSA) is 42.2 Å². The van der Waals surface area contributed by atoms with Crippen molar-refractivity contribution >= 4 is 11.3 Å². The Kier molecular flexibility index (Phi) is 4.91. The molecule has 2 N–H and O–H groups in total. The van der Waals surface area contributed by atoms with Gasteiger partial charge in [-0.1, -0.05) is 29.8 Å². The first-order valence-electron chi connectivity index (χ1n) is 8.11. The summed E-state index contributed by atoms with van der Waals surface area (Å²) >= 11 is 1.74. The number of likely N-dealkylation sites (tertiary alicyclic amines) is 1. The maximum Gasteiger partial charge on any atom is 0.123 e. The van der Waals surface area contributed by atoms with Crippen LogP contribution in [0.1, 0.15) is 31.0 Å². The maximum atomic E-state index is 6.01. The van der Waals surface area contributed by atoms with Gasteiger partial charge in [-0.3, -0.25) is 4.90 Å². The third kappa shape index (κ3) is 3.75. The second kappa shape index (κ2) is 6.90. The van der Waals surface area contributed by atoms with Crippen molar-refractivity contribution in [2.75, 3.05) is 13.1 Å². The summed E-state index contributed by atoms with van der Waals surface area (Å²) in [5, 5.41) is 3.33. The minimum Gasteiger partial charge on any atom is -0.328 e. The maximum absolute atomic E-state index is 6.01. The molecule has 1 aliphatic heterocycles. The number of benzene rings is 1. The Morgan fingerprint density at radius 1 is 1.27 bits per heavy atom. The summed E-state index contributed by atoms with van der Waals surface area (Å²) in [5.41, 5.74) is 9.72. The number of aromatic nitrogens is 1. The number of hydrogen-bond acceptors (Lipinski definition) is 4. The number of aryl methyl sites for hydroxylation is 1. The molecule has 0 saturated carbocycles. The number of piperidine rings is 1. The third-order valence-electron chi connectivity index (χ3n) is 4.61. The summed E-state index contributed by atoms with van der Waals surface area (Å²) in [6.45, 7) is 7.50. The van der Waals surface area contributed by atoms with Crippen molar-refractivity contribution < 1.29 is 0 Å². The van der Waals surface area contributed by atoms with E-state index in [9.17, 15) is 0 Å². The van der Waals surface area contributed by atoms with Gasteiger partial charge in [-0.15, -0.1) is 11.3 Å². The minimum atomic E-state index is 0.328. The summed E-state index contributed by atoms with van der Waals surface area (Å²) in [6.07, 6.45) is 2.43. The van der Waals surface area contributed by atoms with Crippen LogP contribution in [0.15, 0.2) is 29.6 Å². The predicted molar refractivity (Wildman–Crippen MR) is 93.9 cm³/mol. The van der Waals surface area contributed by atoms with Gasteiger partial charge in [0.15, 0.2) is 0 Å². The van der Waals surface area contributed by atoms with Gasteiger partial charge in [0.1, 0.15) is 5.01 Å². The Balaban J connectivity index is 1.59. The Hall–Kier alpha value is -1.23. The van der Waals surface area contributed by atoms with Gasteiger partial charge in [-0.05, 0) is 45.7 Å². The fraction of sp³-hybridized carbons (Fsp3) is 0.500. The molecule has 1 saturated heterocycles. The zero-order chi connectivity index (χ0) is 15.5. The zero-order valence-electron chi connectivity index (χ0n) is 13.5. The quantitative estimate of drug-likeness (QED) is 0.936. The van der Waals surface area contributed by atoms with Crippen molar-refractivity contribution in [3.05, 3.63) is 40.9 Å². The van der Waals surface area contributed by atoms with Crippen LogP contribution in [0, 0.1) is 12.8 Å². The largest absolute Gasteiger partial charge is 0.328 e. The first kappa shape index (κ1) is 15.7. The lowest BCUT2D eigenvalue weighted by molar-refractivity contribution is 0.164. The van der Waals surface area contributed by atoms with Gasteiger partial charge in [0.2, 0.25) is 0 Å². The predicted octanol–water partition coefficient (Wildman–Crippen LogP) is 3.68. The lowest BCUT2D eigenvalue weighted by atomic mass is 9.91. The van der Waals surface area contributed by atoms with E-state index in [0.717, 1.165) is 24.6 Å². The van der Waals surface area contributed by atoms with Crippen LogP contribution in [0.3, 0.4) is 0 Å². The molecule has 0 aliphatic carbocycles. The molecule has 1 atom stereocenters. The highest BCUT2D eigenvalue weighted by molar-refractivity contribution is 7.13. The molecule has 3 nitrogen and oxygen atoms in total. The molecule has 2 aromatic rings. The first-order chi connectivity index (χ1) is 10.6. The highest BCUT2D eigenvalue weighted by Gasteiger charge is 2.22. The number of thiazole rings is 1. The van der Waals surface area contributed by atoms with Gasteiger partial charge in [-0.25, -0.2) is 4.98 Å². The Bertz CT molecular complexity index is 595. The molecular weight excluding hydrogens is 290 g/mol. The van der Waals surface area contributed by atoms with E-state index < -0.39 is 0 Å². The van der Waals surface area contributed by atoms with E-state index in [2.05, 4.69) is 48.4 Å². The SMILES string of the molecule is Cc1ccc(-c2nc(CN3CCC(C(C)N)CC3)cs2)cc1. The van der Waals surface area contributed by atoms with Crippen molar-refractivity contribution in [3.8, 4) is 10.6 Å². The molecule has 0 amide bonds. The molecule has 2 heterocycles. The fourth-order valence-corrected chi connectivity index (χ4v) is 3.89. The molecule has 22 heavy (non-hydrogen) atoms. The standard InChI is InChI=1S/C18H25N3S/c1-13-3-5-16(6-4-13)18-20-17(12-22-18)11-21-9-7-15(8-10-21)14(2)19/h3-6,12,14-15H,7-11,19H2,1-2H3. The molecule has 1 fully saturated rings. The molecule has 0 radical (unpaired) electrons. The average Bonchev–Trinajstić information content (AvgIpc) is 2.97. The van der Waals surface area contributed by atoms with Crippen LogP contribution in [0.2, 0.25) is 0 Å². The molecule has 0 bridgehead atoms. The van der Waals surface area contributed by atoms with Crippen molar-refractivity contribution in [3.63, 3.8) is 0 Å². The number of nitrogens with zero attached hydrogens (tertiary/aromatic N) is 2. The monoisotopic (exact) mass is 315 g/mol. The average molecular weight is 315 g/mol. The second-order valence-corrected chi connectivity index (χ2v) is 7.34. The molecule has 0 spiro atoms. The molecule has 1 aromatic heterocycles. The third-order valence-corrected chi connectivity index (χ3v) is 5.55. The van der Waals surface area contributed by atoms with Crippen LogP contribution in [-0.4, -0.2) is 29.0 Å². The Labute approximate surface area is 137 Å². The van der Waals surface area contributed by atoms with Crippen LogP contribution >= 0.6 is 11.3 Å². The van der Waals surface area contributed by atoms with E-state index in [4.69, 9.17) is 10.7 Å². The van der Waals surface area contributed by atoms with E-state index in [-0.39, 0.29) is 0 Å². The lowest BCUT2D eigenvalue weighted by Gasteiger charge is -2.33.